The van der Waals surface area contributed by atoms with Crippen LogP contribution in [0, 0.1) is 0 Å². The molecule has 0 fully saturated rings. The number of hydrogen-bond acceptors (Lipinski definition) is 0. The van der Waals surface area contributed by atoms with Crippen LogP contribution in [0.4, 0.5) is 0 Å². The van der Waals surface area contributed by atoms with E-state index in [4.69, 9.17) is 0 Å². The van der Waals surface area contributed by atoms with Crippen LogP contribution in [0.25, 0.3) is 6.08 Å². The van der Waals surface area contributed by atoms with E-state index in [-0.39, 0.29) is 0 Å². The summed E-state index contributed by atoms with van der Waals surface area (Å²) < 4.78 is 0. The van der Waals surface area contributed by atoms with Crippen molar-refractivity contribution < 1.29 is 0 Å². The van der Waals surface area contributed by atoms with Gasteiger partial charge >= 0.3 is 0 Å². The minimum Gasteiger partial charge on any atom is -0.0871 e. The second kappa shape index (κ2) is 11.0. The summed E-state index contributed by atoms with van der Waals surface area (Å²) in [4.78, 5) is 0. The highest BCUT2D eigenvalue weighted by Crippen LogP contribution is 1.99. The van der Waals surface area contributed by atoms with Crippen molar-refractivity contribution >= 4 is 6.08 Å². The number of unbranched alkanes of at least 4 members (excludes halogenated alkanes) is 3. The van der Waals surface area contributed by atoms with E-state index in [1.165, 1.54) is 31.2 Å². The zero-order valence-electron chi connectivity index (χ0n) is 10.4. The van der Waals surface area contributed by atoms with Gasteiger partial charge in [-0.2, -0.15) is 0 Å². The highest BCUT2D eigenvalue weighted by molar-refractivity contribution is 5.47. The molecule has 0 atom stereocenters. The first kappa shape index (κ1) is 14.0. The molecule has 0 saturated heterocycles. The average molecular weight is 204 g/mol. The zero-order valence-corrected chi connectivity index (χ0v) is 10.4. The predicted octanol–water partition coefficient (Wildman–Crippen LogP) is 5.31. The summed E-state index contributed by atoms with van der Waals surface area (Å²) in [6.07, 6.45) is 9.66. The van der Waals surface area contributed by atoms with Gasteiger partial charge in [0.25, 0.3) is 0 Å². The Bertz CT molecular complexity index is 229. The second-order valence-corrected chi connectivity index (χ2v) is 3.62. The Hall–Kier alpha value is -1.04. The highest BCUT2D eigenvalue weighted by Gasteiger charge is 1.77. The first-order valence-corrected chi connectivity index (χ1v) is 6.02. The molecule has 0 heterocycles. The van der Waals surface area contributed by atoms with Crippen molar-refractivity contribution in [3.63, 3.8) is 0 Å². The van der Waals surface area contributed by atoms with Gasteiger partial charge in [0, 0.05) is 0 Å². The van der Waals surface area contributed by atoms with Crippen LogP contribution in [-0.4, -0.2) is 0 Å². The van der Waals surface area contributed by atoms with E-state index >= 15 is 0 Å². The van der Waals surface area contributed by atoms with E-state index in [1.54, 1.807) is 0 Å². The lowest BCUT2D eigenvalue weighted by Crippen LogP contribution is -1.66. The Labute approximate surface area is 95.0 Å². The Morgan fingerprint density at radius 1 is 0.933 bits per heavy atom. The van der Waals surface area contributed by atoms with E-state index in [9.17, 15) is 0 Å². The van der Waals surface area contributed by atoms with Crippen LogP contribution in [0.2, 0.25) is 0 Å². The van der Waals surface area contributed by atoms with Crippen molar-refractivity contribution in [3.05, 3.63) is 42.0 Å². The predicted molar refractivity (Wildman–Crippen MR) is 71.0 cm³/mol. The molecule has 1 aromatic rings. The van der Waals surface area contributed by atoms with Crippen LogP contribution < -0.4 is 0 Å². The first-order valence-electron chi connectivity index (χ1n) is 6.02. The molecule has 0 aliphatic rings. The van der Waals surface area contributed by atoms with E-state index in [1.807, 2.05) is 31.2 Å². The molecule has 0 amide bonds. The molecular formula is C15H24. The maximum atomic E-state index is 2.23. The van der Waals surface area contributed by atoms with Crippen LogP contribution in [0.3, 0.4) is 0 Å². The molecule has 0 unspecified atom stereocenters. The lowest BCUT2D eigenvalue weighted by Gasteiger charge is -1.86. The van der Waals surface area contributed by atoms with Crippen LogP contribution in [0.5, 0.6) is 0 Å². The number of allylic oxidation sites excluding steroid dienone is 1. The van der Waals surface area contributed by atoms with Gasteiger partial charge in [-0.15, -0.1) is 0 Å². The van der Waals surface area contributed by atoms with E-state index in [0.717, 1.165) is 0 Å². The SMILES string of the molecule is C/C=C/c1ccccc1.CCCCCC. The fourth-order valence-corrected chi connectivity index (χ4v) is 1.26. The summed E-state index contributed by atoms with van der Waals surface area (Å²) >= 11 is 0. The monoisotopic (exact) mass is 204 g/mol. The van der Waals surface area contributed by atoms with Gasteiger partial charge in [-0.3, -0.25) is 0 Å². The smallest absolute Gasteiger partial charge is 0.0260 e. The Morgan fingerprint density at radius 3 is 1.87 bits per heavy atom. The van der Waals surface area contributed by atoms with Gasteiger partial charge in [-0.05, 0) is 12.5 Å². The van der Waals surface area contributed by atoms with E-state index < -0.39 is 0 Å². The molecule has 0 bridgehead atoms. The van der Waals surface area contributed by atoms with Gasteiger partial charge < -0.3 is 0 Å². The van der Waals surface area contributed by atoms with Crippen LogP contribution in [0.15, 0.2) is 36.4 Å². The van der Waals surface area contributed by atoms with E-state index in [2.05, 4.69) is 32.1 Å². The topological polar surface area (TPSA) is 0 Å². The quantitative estimate of drug-likeness (QED) is 0.583. The molecule has 0 N–H and O–H groups in total. The van der Waals surface area contributed by atoms with Crippen LogP contribution in [0.1, 0.15) is 52.0 Å². The molecule has 1 aromatic carbocycles. The van der Waals surface area contributed by atoms with Gasteiger partial charge in [0.15, 0.2) is 0 Å². The molecule has 1 rings (SSSR count). The summed E-state index contributed by atoms with van der Waals surface area (Å²) in [7, 11) is 0. The van der Waals surface area contributed by atoms with Crippen LogP contribution >= 0.6 is 0 Å². The maximum Gasteiger partial charge on any atom is -0.0260 e. The van der Waals surface area contributed by atoms with Gasteiger partial charge in [0.1, 0.15) is 0 Å². The number of rotatable bonds is 4. The molecule has 0 spiro atoms. The molecule has 0 saturated carbocycles. The standard InChI is InChI=1S/C9H10.C6H14/c1-2-6-9-7-4-3-5-8-9;1-3-5-6-4-2/h2-8H,1H3;3-6H2,1-2H3/b6-2+;. The zero-order chi connectivity index (χ0) is 11.4. The van der Waals surface area contributed by atoms with Crippen molar-refractivity contribution in [2.45, 2.75) is 46.5 Å². The molecule has 84 valence electrons. The highest BCUT2D eigenvalue weighted by atomic mass is 13.8. The molecule has 0 aliphatic carbocycles. The number of benzene rings is 1. The average Bonchev–Trinajstić information content (AvgIpc) is 2.29. The molecular weight excluding hydrogens is 180 g/mol. The summed E-state index contributed by atoms with van der Waals surface area (Å²) in [6, 6.07) is 10.3. The van der Waals surface area contributed by atoms with Crippen molar-refractivity contribution in [2.75, 3.05) is 0 Å². The van der Waals surface area contributed by atoms with Crippen molar-refractivity contribution in [1.82, 2.24) is 0 Å². The summed E-state index contributed by atoms with van der Waals surface area (Å²) in [6.45, 7) is 6.48. The maximum absolute atomic E-state index is 2.23. The third kappa shape index (κ3) is 9.27. The molecule has 0 aliphatic heterocycles. The fourth-order valence-electron chi connectivity index (χ4n) is 1.26. The molecule has 0 aromatic heterocycles. The Morgan fingerprint density at radius 2 is 1.47 bits per heavy atom. The van der Waals surface area contributed by atoms with E-state index in [0.29, 0.717) is 0 Å². The molecule has 0 heteroatoms. The summed E-state index contributed by atoms with van der Waals surface area (Å²) in [5, 5.41) is 0. The summed E-state index contributed by atoms with van der Waals surface area (Å²) in [5.41, 5.74) is 1.26. The molecule has 15 heavy (non-hydrogen) atoms. The van der Waals surface area contributed by atoms with Crippen molar-refractivity contribution in [1.29, 1.82) is 0 Å². The van der Waals surface area contributed by atoms with Gasteiger partial charge in [-0.1, -0.05) is 82.0 Å². The fraction of sp³-hybridized carbons (Fsp3) is 0.467. The largest absolute Gasteiger partial charge is 0.0871 e. The Balaban J connectivity index is 0.000000288. The first-order chi connectivity index (χ1) is 7.35. The lowest BCUT2D eigenvalue weighted by atomic mass is 10.2. The number of hydrogen-bond donors (Lipinski definition) is 0. The Kier molecular flexibility index (Phi) is 10.3. The lowest BCUT2D eigenvalue weighted by molar-refractivity contribution is 0.702. The van der Waals surface area contributed by atoms with Gasteiger partial charge in [-0.25, -0.2) is 0 Å². The van der Waals surface area contributed by atoms with Gasteiger partial charge in [0.2, 0.25) is 0 Å². The molecule has 0 radical (unpaired) electrons. The van der Waals surface area contributed by atoms with Crippen LogP contribution in [-0.2, 0) is 0 Å². The normalized spacial score (nSPS) is 9.80. The van der Waals surface area contributed by atoms with Crippen molar-refractivity contribution in [3.8, 4) is 0 Å². The minimum absolute atomic E-state index is 1.26. The third-order valence-electron chi connectivity index (χ3n) is 2.12. The minimum atomic E-state index is 1.26. The third-order valence-corrected chi connectivity index (χ3v) is 2.12. The summed E-state index contributed by atoms with van der Waals surface area (Å²) in [5.74, 6) is 0. The molecule has 0 nitrogen and oxygen atoms in total. The second-order valence-electron chi connectivity index (χ2n) is 3.62. The van der Waals surface area contributed by atoms with Gasteiger partial charge in [0.05, 0.1) is 0 Å². The van der Waals surface area contributed by atoms with Crippen molar-refractivity contribution in [2.24, 2.45) is 0 Å².